The summed E-state index contributed by atoms with van der Waals surface area (Å²) >= 11 is 5.55. The van der Waals surface area contributed by atoms with Crippen LogP contribution in [0.1, 0.15) is 17.0 Å². The van der Waals surface area contributed by atoms with Crippen molar-refractivity contribution >= 4 is 24.0 Å². The molecule has 0 radical (unpaired) electrons. The number of halogens is 2. The molecule has 0 bridgehead atoms. The van der Waals surface area contributed by atoms with Crippen LogP contribution in [-0.4, -0.2) is 10.2 Å². The molecule has 1 rings (SSSR count). The molecule has 2 nitrogen and oxygen atoms in total. The van der Waals surface area contributed by atoms with E-state index in [1.165, 1.54) is 0 Å². The molecule has 1 aromatic rings. The number of rotatable bonds is 1. The second-order valence-electron chi connectivity index (χ2n) is 2.24. The molecule has 0 fully saturated rings. The Morgan fingerprint density at radius 1 is 1.36 bits per heavy atom. The number of aromatic nitrogens is 2. The number of nitrogens with zero attached hydrogens (tertiary/aromatic N) is 2. The molecule has 1 aromatic heterocycles. The van der Waals surface area contributed by atoms with Crippen LogP contribution in [0.3, 0.4) is 0 Å². The summed E-state index contributed by atoms with van der Waals surface area (Å²) in [7, 11) is 0. The molecule has 0 aliphatic carbocycles. The monoisotopic (exact) mass is 192 g/mol. The highest BCUT2D eigenvalue weighted by atomic mass is 35.5. The predicted molar refractivity (Wildman–Crippen MR) is 48.3 cm³/mol. The molecule has 0 saturated heterocycles. The molecule has 0 spiro atoms. The molecule has 0 aromatic carbocycles. The van der Waals surface area contributed by atoms with Crippen LogP contribution in [0.15, 0.2) is 6.07 Å². The van der Waals surface area contributed by atoms with Gasteiger partial charge >= 0.3 is 0 Å². The Morgan fingerprint density at radius 2 is 2.00 bits per heavy atom. The van der Waals surface area contributed by atoms with Crippen LogP contribution in [0.25, 0.3) is 0 Å². The minimum Gasteiger partial charge on any atom is -0.155 e. The van der Waals surface area contributed by atoms with Gasteiger partial charge in [-0.25, -0.2) is 0 Å². The summed E-state index contributed by atoms with van der Waals surface area (Å²) < 4.78 is 0. The fourth-order valence-corrected chi connectivity index (χ4v) is 0.797. The lowest BCUT2D eigenvalue weighted by Crippen LogP contribution is -1.94. The van der Waals surface area contributed by atoms with E-state index < -0.39 is 0 Å². The molecule has 0 saturated carbocycles. The minimum absolute atomic E-state index is 0. The van der Waals surface area contributed by atoms with Gasteiger partial charge in [-0.1, -0.05) is 0 Å². The van der Waals surface area contributed by atoms with Gasteiger partial charge in [0.25, 0.3) is 0 Å². The third kappa shape index (κ3) is 2.64. The van der Waals surface area contributed by atoms with Crippen molar-refractivity contribution in [3.63, 3.8) is 0 Å². The summed E-state index contributed by atoms with van der Waals surface area (Å²) in [6, 6.07) is 1.95. The van der Waals surface area contributed by atoms with Crippen molar-refractivity contribution in [3.05, 3.63) is 23.0 Å². The molecule has 0 amide bonds. The highest BCUT2D eigenvalue weighted by molar-refractivity contribution is 6.16. The van der Waals surface area contributed by atoms with Crippen molar-refractivity contribution in [1.82, 2.24) is 10.2 Å². The summed E-state index contributed by atoms with van der Waals surface area (Å²) in [5.41, 5.74) is 2.95. The summed E-state index contributed by atoms with van der Waals surface area (Å²) in [6.45, 7) is 3.93. The Kier molecular flexibility index (Phi) is 4.38. The van der Waals surface area contributed by atoms with Gasteiger partial charge in [-0.05, 0) is 25.5 Å². The van der Waals surface area contributed by atoms with Crippen LogP contribution in [0.4, 0.5) is 0 Å². The van der Waals surface area contributed by atoms with Gasteiger partial charge < -0.3 is 0 Å². The zero-order chi connectivity index (χ0) is 7.56. The number of hydrogen-bond donors (Lipinski definition) is 0. The lowest BCUT2D eigenvalue weighted by atomic mass is 10.2. The minimum atomic E-state index is 0. The summed E-state index contributed by atoms with van der Waals surface area (Å²) in [6.07, 6.45) is 0. The third-order valence-electron chi connectivity index (χ3n) is 1.42. The lowest BCUT2D eigenvalue weighted by Gasteiger charge is -1.97. The normalized spacial score (nSPS) is 9.00. The third-order valence-corrected chi connectivity index (χ3v) is 1.69. The van der Waals surface area contributed by atoms with E-state index in [4.69, 9.17) is 11.6 Å². The molecule has 0 aliphatic rings. The van der Waals surface area contributed by atoms with Crippen LogP contribution >= 0.6 is 24.0 Å². The Hall–Kier alpha value is -0.340. The van der Waals surface area contributed by atoms with E-state index in [0.29, 0.717) is 5.88 Å². The second-order valence-corrected chi connectivity index (χ2v) is 2.50. The average molecular weight is 193 g/mol. The first-order chi connectivity index (χ1) is 4.74. The summed E-state index contributed by atoms with van der Waals surface area (Å²) in [5.74, 6) is 0.439. The first kappa shape index (κ1) is 10.7. The SMILES string of the molecule is Cc1cc(CCl)nnc1C.Cl. The molecule has 0 aliphatic heterocycles. The molecule has 1 heterocycles. The lowest BCUT2D eigenvalue weighted by molar-refractivity contribution is 0.916. The molecule has 62 valence electrons. The fraction of sp³-hybridized carbons (Fsp3) is 0.429. The quantitative estimate of drug-likeness (QED) is 0.639. The van der Waals surface area contributed by atoms with Crippen LogP contribution in [-0.2, 0) is 5.88 Å². The summed E-state index contributed by atoms with van der Waals surface area (Å²) in [5, 5.41) is 7.79. The molecular formula is C7H10Cl2N2. The molecule has 0 unspecified atom stereocenters. The standard InChI is InChI=1S/C7H9ClN2.ClH/c1-5-3-7(4-8)10-9-6(5)2;/h3H,4H2,1-2H3;1H. The topological polar surface area (TPSA) is 25.8 Å². The maximum Gasteiger partial charge on any atom is 0.0781 e. The van der Waals surface area contributed by atoms with Crippen LogP contribution < -0.4 is 0 Å². The number of aryl methyl sites for hydroxylation is 2. The van der Waals surface area contributed by atoms with Gasteiger partial charge in [-0.3, -0.25) is 0 Å². The maximum absolute atomic E-state index is 5.55. The van der Waals surface area contributed by atoms with E-state index in [1.54, 1.807) is 0 Å². The maximum atomic E-state index is 5.55. The molecule has 0 atom stereocenters. The van der Waals surface area contributed by atoms with Crippen molar-refractivity contribution in [2.45, 2.75) is 19.7 Å². The van der Waals surface area contributed by atoms with Crippen molar-refractivity contribution in [2.75, 3.05) is 0 Å². The van der Waals surface area contributed by atoms with Gasteiger partial charge in [0.05, 0.1) is 17.3 Å². The first-order valence-electron chi connectivity index (χ1n) is 3.10. The zero-order valence-electron chi connectivity index (χ0n) is 6.47. The highest BCUT2D eigenvalue weighted by Gasteiger charge is 1.96. The van der Waals surface area contributed by atoms with Gasteiger partial charge in [-0.15, -0.1) is 24.0 Å². The highest BCUT2D eigenvalue weighted by Crippen LogP contribution is 2.04. The van der Waals surface area contributed by atoms with Crippen LogP contribution in [0, 0.1) is 13.8 Å². The van der Waals surface area contributed by atoms with Crippen molar-refractivity contribution in [3.8, 4) is 0 Å². The van der Waals surface area contributed by atoms with E-state index in [9.17, 15) is 0 Å². The Morgan fingerprint density at radius 3 is 2.45 bits per heavy atom. The summed E-state index contributed by atoms with van der Waals surface area (Å²) in [4.78, 5) is 0. The zero-order valence-corrected chi connectivity index (χ0v) is 8.04. The van der Waals surface area contributed by atoms with E-state index in [1.807, 2.05) is 19.9 Å². The van der Waals surface area contributed by atoms with Crippen molar-refractivity contribution in [2.24, 2.45) is 0 Å². The van der Waals surface area contributed by atoms with Gasteiger partial charge in [0.2, 0.25) is 0 Å². The van der Waals surface area contributed by atoms with E-state index in [2.05, 4.69) is 10.2 Å². The predicted octanol–water partition coefficient (Wildman–Crippen LogP) is 2.25. The Balaban J connectivity index is 0.000001000. The van der Waals surface area contributed by atoms with Gasteiger partial charge in [0.15, 0.2) is 0 Å². The molecule has 0 N–H and O–H groups in total. The van der Waals surface area contributed by atoms with Crippen molar-refractivity contribution < 1.29 is 0 Å². The molecule has 11 heavy (non-hydrogen) atoms. The Bertz CT molecular complexity index is 238. The van der Waals surface area contributed by atoms with E-state index in [0.717, 1.165) is 17.0 Å². The smallest absolute Gasteiger partial charge is 0.0781 e. The fourth-order valence-electron chi connectivity index (χ4n) is 0.667. The van der Waals surface area contributed by atoms with E-state index in [-0.39, 0.29) is 12.4 Å². The largest absolute Gasteiger partial charge is 0.155 e. The molecular weight excluding hydrogens is 183 g/mol. The second kappa shape index (κ2) is 4.52. The number of hydrogen-bond acceptors (Lipinski definition) is 2. The van der Waals surface area contributed by atoms with Gasteiger partial charge in [0, 0.05) is 0 Å². The molecule has 4 heteroatoms. The van der Waals surface area contributed by atoms with Gasteiger partial charge in [0.1, 0.15) is 0 Å². The van der Waals surface area contributed by atoms with Crippen LogP contribution in [0.5, 0.6) is 0 Å². The van der Waals surface area contributed by atoms with E-state index >= 15 is 0 Å². The van der Waals surface area contributed by atoms with Gasteiger partial charge in [-0.2, -0.15) is 10.2 Å². The van der Waals surface area contributed by atoms with Crippen LogP contribution in [0.2, 0.25) is 0 Å². The number of alkyl halides is 1. The first-order valence-corrected chi connectivity index (χ1v) is 3.63. The van der Waals surface area contributed by atoms with Crippen molar-refractivity contribution in [1.29, 1.82) is 0 Å². The average Bonchev–Trinajstić information content (AvgIpc) is 1.95. The Labute approximate surface area is 77.4 Å².